The lowest BCUT2D eigenvalue weighted by Crippen LogP contribution is -2.53. The van der Waals surface area contributed by atoms with Gasteiger partial charge in [0.25, 0.3) is 0 Å². The second-order valence-corrected chi connectivity index (χ2v) is 5.78. The van der Waals surface area contributed by atoms with Crippen LogP contribution in [-0.4, -0.2) is 71.8 Å². The fourth-order valence-corrected chi connectivity index (χ4v) is 2.78. The molecule has 0 aromatic carbocycles. The highest BCUT2D eigenvalue weighted by Gasteiger charge is 2.26. The molecule has 0 N–H and O–H groups in total. The standard InChI is InChI=1S/C14H25N3O2/c1-12(2)15-7-9-16(10-8-15)14(19)11-17-6-4-3-5-13(17)18/h12H,3-11H2,1-2H3. The fourth-order valence-electron chi connectivity index (χ4n) is 2.78. The third-order valence-corrected chi connectivity index (χ3v) is 4.14. The maximum absolute atomic E-state index is 12.2. The van der Waals surface area contributed by atoms with Crippen molar-refractivity contribution in [2.24, 2.45) is 0 Å². The Morgan fingerprint density at radius 2 is 1.79 bits per heavy atom. The zero-order valence-electron chi connectivity index (χ0n) is 12.1. The number of rotatable bonds is 3. The minimum atomic E-state index is 0.110. The Balaban J connectivity index is 1.79. The Morgan fingerprint density at radius 1 is 1.11 bits per heavy atom. The smallest absolute Gasteiger partial charge is 0.242 e. The molecule has 0 spiro atoms. The highest BCUT2D eigenvalue weighted by molar-refractivity contribution is 5.85. The Morgan fingerprint density at radius 3 is 2.37 bits per heavy atom. The van der Waals surface area contributed by atoms with Crippen LogP contribution in [0, 0.1) is 0 Å². The molecule has 0 atom stereocenters. The third-order valence-electron chi connectivity index (χ3n) is 4.14. The van der Waals surface area contributed by atoms with Crippen LogP contribution >= 0.6 is 0 Å². The summed E-state index contributed by atoms with van der Waals surface area (Å²) in [5, 5.41) is 0. The van der Waals surface area contributed by atoms with E-state index < -0.39 is 0 Å². The molecule has 0 saturated carbocycles. The molecular formula is C14H25N3O2. The number of hydrogen-bond donors (Lipinski definition) is 0. The van der Waals surface area contributed by atoms with Crippen LogP contribution in [0.3, 0.4) is 0 Å². The van der Waals surface area contributed by atoms with E-state index in [1.807, 2.05) is 4.90 Å². The molecule has 0 bridgehead atoms. The van der Waals surface area contributed by atoms with E-state index in [4.69, 9.17) is 0 Å². The average Bonchev–Trinajstić information content (AvgIpc) is 2.41. The largest absolute Gasteiger partial charge is 0.339 e. The number of hydrogen-bond acceptors (Lipinski definition) is 3. The molecule has 0 aromatic heterocycles. The molecule has 5 heteroatoms. The van der Waals surface area contributed by atoms with Crippen LogP contribution in [0.4, 0.5) is 0 Å². The molecule has 0 unspecified atom stereocenters. The van der Waals surface area contributed by atoms with E-state index >= 15 is 0 Å². The molecule has 2 amide bonds. The minimum Gasteiger partial charge on any atom is -0.339 e. The molecule has 2 aliphatic rings. The number of carbonyl (C=O) groups excluding carboxylic acids is 2. The van der Waals surface area contributed by atoms with Crippen LogP contribution in [0.15, 0.2) is 0 Å². The van der Waals surface area contributed by atoms with E-state index in [-0.39, 0.29) is 18.4 Å². The van der Waals surface area contributed by atoms with Gasteiger partial charge in [0.05, 0.1) is 6.54 Å². The Hall–Kier alpha value is -1.10. The van der Waals surface area contributed by atoms with E-state index in [1.165, 1.54) is 0 Å². The van der Waals surface area contributed by atoms with Crippen LogP contribution in [0.2, 0.25) is 0 Å². The molecule has 2 rings (SSSR count). The summed E-state index contributed by atoms with van der Waals surface area (Å²) in [6, 6.07) is 0.543. The topological polar surface area (TPSA) is 43.9 Å². The van der Waals surface area contributed by atoms with Gasteiger partial charge < -0.3 is 9.80 Å². The Kier molecular flexibility index (Phi) is 4.80. The molecule has 2 saturated heterocycles. The zero-order valence-corrected chi connectivity index (χ0v) is 12.1. The van der Waals surface area contributed by atoms with Crippen molar-refractivity contribution in [1.29, 1.82) is 0 Å². The predicted octanol–water partition coefficient (Wildman–Crippen LogP) is 0.552. The molecule has 2 heterocycles. The van der Waals surface area contributed by atoms with Crippen molar-refractivity contribution in [2.45, 2.75) is 39.2 Å². The van der Waals surface area contributed by atoms with Crippen LogP contribution in [0.5, 0.6) is 0 Å². The van der Waals surface area contributed by atoms with Gasteiger partial charge in [-0.1, -0.05) is 0 Å². The van der Waals surface area contributed by atoms with Crippen molar-refractivity contribution in [3.63, 3.8) is 0 Å². The number of nitrogens with zero attached hydrogens (tertiary/aromatic N) is 3. The third kappa shape index (κ3) is 3.69. The lowest BCUT2D eigenvalue weighted by Gasteiger charge is -2.38. The second-order valence-electron chi connectivity index (χ2n) is 5.78. The maximum Gasteiger partial charge on any atom is 0.242 e. The highest BCUT2D eigenvalue weighted by atomic mass is 16.2. The average molecular weight is 267 g/mol. The molecule has 0 radical (unpaired) electrons. The van der Waals surface area contributed by atoms with Crippen LogP contribution in [0.25, 0.3) is 0 Å². The van der Waals surface area contributed by atoms with Crippen molar-refractivity contribution in [3.05, 3.63) is 0 Å². The summed E-state index contributed by atoms with van der Waals surface area (Å²) >= 11 is 0. The van der Waals surface area contributed by atoms with Crippen molar-refractivity contribution in [1.82, 2.24) is 14.7 Å². The van der Waals surface area contributed by atoms with Gasteiger partial charge in [0, 0.05) is 45.2 Å². The van der Waals surface area contributed by atoms with E-state index in [9.17, 15) is 9.59 Å². The molecular weight excluding hydrogens is 242 g/mol. The SMILES string of the molecule is CC(C)N1CCN(C(=O)CN2CCCCC2=O)CC1. The predicted molar refractivity (Wildman–Crippen MR) is 73.7 cm³/mol. The summed E-state index contributed by atoms with van der Waals surface area (Å²) in [5.74, 6) is 0.249. The van der Waals surface area contributed by atoms with Gasteiger partial charge in [0.15, 0.2) is 0 Å². The first-order valence-electron chi connectivity index (χ1n) is 7.37. The quantitative estimate of drug-likeness (QED) is 0.750. The molecule has 0 aliphatic carbocycles. The van der Waals surface area contributed by atoms with Gasteiger partial charge in [-0.15, -0.1) is 0 Å². The summed E-state index contributed by atoms with van der Waals surface area (Å²) < 4.78 is 0. The van der Waals surface area contributed by atoms with Crippen LogP contribution in [0.1, 0.15) is 33.1 Å². The minimum absolute atomic E-state index is 0.110. The number of carbonyl (C=O) groups is 2. The maximum atomic E-state index is 12.2. The van der Waals surface area contributed by atoms with E-state index in [1.54, 1.807) is 4.90 Å². The molecule has 2 fully saturated rings. The summed E-state index contributed by atoms with van der Waals surface area (Å²) in [6.45, 7) is 8.86. The van der Waals surface area contributed by atoms with Gasteiger partial charge in [0.2, 0.25) is 11.8 Å². The molecule has 19 heavy (non-hydrogen) atoms. The molecule has 5 nitrogen and oxygen atoms in total. The van der Waals surface area contributed by atoms with Gasteiger partial charge in [-0.25, -0.2) is 0 Å². The van der Waals surface area contributed by atoms with Crippen molar-refractivity contribution in [3.8, 4) is 0 Å². The summed E-state index contributed by atoms with van der Waals surface area (Å²) in [7, 11) is 0. The monoisotopic (exact) mass is 267 g/mol. The number of piperidine rings is 1. The van der Waals surface area contributed by atoms with Crippen molar-refractivity contribution >= 4 is 11.8 Å². The Bertz CT molecular complexity index is 336. The zero-order chi connectivity index (χ0) is 13.8. The lowest BCUT2D eigenvalue weighted by atomic mass is 10.1. The van der Waals surface area contributed by atoms with Gasteiger partial charge >= 0.3 is 0 Å². The highest BCUT2D eigenvalue weighted by Crippen LogP contribution is 2.12. The molecule has 0 aromatic rings. The van der Waals surface area contributed by atoms with Gasteiger partial charge in [-0.2, -0.15) is 0 Å². The second kappa shape index (κ2) is 6.37. The summed E-state index contributed by atoms with van der Waals surface area (Å²) in [5.41, 5.74) is 0. The number of likely N-dealkylation sites (tertiary alicyclic amines) is 1. The fraction of sp³-hybridized carbons (Fsp3) is 0.857. The van der Waals surface area contributed by atoms with E-state index in [2.05, 4.69) is 18.7 Å². The van der Waals surface area contributed by atoms with Crippen LogP contribution < -0.4 is 0 Å². The van der Waals surface area contributed by atoms with Gasteiger partial charge in [0.1, 0.15) is 0 Å². The van der Waals surface area contributed by atoms with E-state index in [0.29, 0.717) is 12.5 Å². The number of amides is 2. The molecule has 108 valence electrons. The first kappa shape index (κ1) is 14.3. The van der Waals surface area contributed by atoms with Gasteiger partial charge in [-0.05, 0) is 26.7 Å². The summed E-state index contributed by atoms with van der Waals surface area (Å²) in [6.07, 6.45) is 2.60. The number of piperazine rings is 1. The lowest BCUT2D eigenvalue weighted by molar-refractivity contribution is -0.143. The summed E-state index contributed by atoms with van der Waals surface area (Å²) in [4.78, 5) is 29.9. The first-order valence-corrected chi connectivity index (χ1v) is 7.37. The first-order chi connectivity index (χ1) is 9.08. The van der Waals surface area contributed by atoms with Gasteiger partial charge in [-0.3, -0.25) is 14.5 Å². The molecule has 2 aliphatic heterocycles. The van der Waals surface area contributed by atoms with E-state index in [0.717, 1.165) is 45.6 Å². The van der Waals surface area contributed by atoms with Crippen molar-refractivity contribution < 1.29 is 9.59 Å². The Labute approximate surface area is 115 Å². The van der Waals surface area contributed by atoms with Crippen LogP contribution in [-0.2, 0) is 9.59 Å². The van der Waals surface area contributed by atoms with Crippen molar-refractivity contribution in [2.75, 3.05) is 39.3 Å². The normalized spacial score (nSPS) is 22.2.